The van der Waals surface area contributed by atoms with Crippen LogP contribution in [0.1, 0.15) is 25.3 Å². The first-order chi connectivity index (χ1) is 7.69. The molecule has 0 aliphatic heterocycles. The van der Waals surface area contributed by atoms with Crippen LogP contribution in [0.15, 0.2) is 9.42 Å². The van der Waals surface area contributed by atoms with Crippen molar-refractivity contribution in [3.63, 3.8) is 0 Å². The smallest absolute Gasteiger partial charge is 0.246 e. The maximum atomic E-state index is 12.0. The molecule has 0 aliphatic rings. The van der Waals surface area contributed by atoms with E-state index in [2.05, 4.69) is 9.88 Å². The number of sulfonamides is 1. The van der Waals surface area contributed by atoms with Crippen LogP contribution in [0.5, 0.6) is 0 Å². The van der Waals surface area contributed by atoms with Crippen molar-refractivity contribution in [1.82, 2.24) is 9.88 Å². The molecule has 1 heterocycles. The van der Waals surface area contributed by atoms with E-state index in [1.807, 2.05) is 6.07 Å². The van der Waals surface area contributed by atoms with Crippen LogP contribution in [0, 0.1) is 30.6 Å². The fourth-order valence-corrected chi connectivity index (χ4v) is 2.78. The van der Waals surface area contributed by atoms with E-state index in [4.69, 9.17) is 9.78 Å². The Kier molecular flexibility index (Phi) is 3.59. The highest BCUT2D eigenvalue weighted by Gasteiger charge is 2.27. The second-order valence-electron chi connectivity index (χ2n) is 4.47. The lowest BCUT2D eigenvalue weighted by atomic mass is 9.97. The Labute approximate surface area is 101 Å². The van der Waals surface area contributed by atoms with Crippen molar-refractivity contribution in [2.75, 3.05) is 6.54 Å². The molecule has 0 fully saturated rings. The molecule has 7 heteroatoms. The van der Waals surface area contributed by atoms with Crippen LogP contribution in [0.25, 0.3) is 0 Å². The third-order valence-corrected chi connectivity index (χ3v) is 3.89. The number of nitrogens with zero attached hydrogens (tertiary/aromatic N) is 2. The quantitative estimate of drug-likeness (QED) is 0.871. The summed E-state index contributed by atoms with van der Waals surface area (Å²) in [6.07, 6.45) is 0. The van der Waals surface area contributed by atoms with Gasteiger partial charge in [0.2, 0.25) is 10.0 Å². The van der Waals surface area contributed by atoms with Gasteiger partial charge in [-0.15, -0.1) is 0 Å². The molecule has 6 nitrogen and oxygen atoms in total. The Morgan fingerprint density at radius 2 is 2.06 bits per heavy atom. The molecular formula is C10H15N3O3S. The van der Waals surface area contributed by atoms with Crippen molar-refractivity contribution >= 4 is 10.0 Å². The van der Waals surface area contributed by atoms with Gasteiger partial charge in [-0.1, -0.05) is 5.16 Å². The minimum atomic E-state index is -3.68. The van der Waals surface area contributed by atoms with Crippen LogP contribution in [0.3, 0.4) is 0 Å². The molecule has 0 bridgehead atoms. The van der Waals surface area contributed by atoms with Gasteiger partial charge in [0.1, 0.15) is 10.6 Å². The summed E-state index contributed by atoms with van der Waals surface area (Å²) in [7, 11) is -3.68. The summed E-state index contributed by atoms with van der Waals surface area (Å²) in [6, 6.07) is 2.02. The van der Waals surface area contributed by atoms with Gasteiger partial charge in [-0.25, -0.2) is 13.1 Å². The van der Waals surface area contributed by atoms with Crippen molar-refractivity contribution in [2.24, 2.45) is 5.41 Å². The average Bonchev–Trinajstić information content (AvgIpc) is 2.57. The fourth-order valence-electron chi connectivity index (χ4n) is 1.25. The number of aryl methyl sites for hydroxylation is 2. The molecule has 17 heavy (non-hydrogen) atoms. The van der Waals surface area contributed by atoms with Crippen LogP contribution in [-0.4, -0.2) is 20.1 Å². The van der Waals surface area contributed by atoms with E-state index in [-0.39, 0.29) is 17.2 Å². The molecular weight excluding hydrogens is 242 g/mol. The van der Waals surface area contributed by atoms with Crippen molar-refractivity contribution in [1.29, 1.82) is 5.26 Å². The van der Waals surface area contributed by atoms with E-state index in [0.29, 0.717) is 5.69 Å². The van der Waals surface area contributed by atoms with E-state index in [1.165, 1.54) is 6.92 Å². The van der Waals surface area contributed by atoms with E-state index >= 15 is 0 Å². The number of rotatable bonds is 4. The Hall–Kier alpha value is -1.39. The Balaban J connectivity index is 2.96. The van der Waals surface area contributed by atoms with Crippen LogP contribution in [-0.2, 0) is 10.0 Å². The van der Waals surface area contributed by atoms with Gasteiger partial charge < -0.3 is 4.52 Å². The number of hydrogen-bond acceptors (Lipinski definition) is 5. The molecule has 0 saturated heterocycles. The van der Waals surface area contributed by atoms with E-state index in [1.54, 1.807) is 20.8 Å². The van der Waals surface area contributed by atoms with E-state index < -0.39 is 15.4 Å². The minimum absolute atomic E-state index is 0.0376. The zero-order valence-electron chi connectivity index (χ0n) is 10.2. The highest BCUT2D eigenvalue weighted by atomic mass is 32.2. The third-order valence-electron chi connectivity index (χ3n) is 2.24. The van der Waals surface area contributed by atoms with Crippen molar-refractivity contribution in [2.45, 2.75) is 32.6 Å². The van der Waals surface area contributed by atoms with Gasteiger partial charge in [0.05, 0.1) is 11.5 Å². The van der Waals surface area contributed by atoms with Crippen LogP contribution in [0.2, 0.25) is 0 Å². The summed E-state index contributed by atoms with van der Waals surface area (Å²) in [5, 5.41) is 12.4. The fraction of sp³-hybridized carbons (Fsp3) is 0.600. The van der Waals surface area contributed by atoms with Crippen molar-refractivity contribution in [3.8, 4) is 6.07 Å². The number of hydrogen-bond donors (Lipinski definition) is 1. The summed E-state index contributed by atoms with van der Waals surface area (Å²) < 4.78 is 31.1. The van der Waals surface area contributed by atoms with Crippen molar-refractivity contribution in [3.05, 3.63) is 11.5 Å². The lowest BCUT2D eigenvalue weighted by Gasteiger charge is -2.15. The van der Waals surface area contributed by atoms with Gasteiger partial charge in [0.15, 0.2) is 5.76 Å². The topological polar surface area (TPSA) is 96.0 Å². The monoisotopic (exact) mass is 257 g/mol. The average molecular weight is 257 g/mol. The minimum Gasteiger partial charge on any atom is -0.360 e. The molecule has 0 spiro atoms. The molecule has 0 amide bonds. The van der Waals surface area contributed by atoms with Crippen LogP contribution < -0.4 is 4.72 Å². The summed E-state index contributed by atoms with van der Waals surface area (Å²) in [5.74, 6) is 0.241. The van der Waals surface area contributed by atoms with E-state index in [0.717, 1.165) is 0 Å². The van der Waals surface area contributed by atoms with Gasteiger partial charge >= 0.3 is 0 Å². The zero-order valence-corrected chi connectivity index (χ0v) is 11.1. The standard InChI is InChI=1S/C10H15N3O3S/c1-7-9(8(2)16-13-7)17(14,15)12-6-10(3,4)5-11/h12H,6H2,1-4H3. The molecule has 1 aromatic heterocycles. The van der Waals surface area contributed by atoms with Gasteiger partial charge in [-0.05, 0) is 27.7 Å². The second-order valence-corrected chi connectivity index (χ2v) is 6.18. The maximum Gasteiger partial charge on any atom is 0.246 e. The Morgan fingerprint density at radius 3 is 2.47 bits per heavy atom. The summed E-state index contributed by atoms with van der Waals surface area (Å²) in [6.45, 7) is 6.44. The van der Waals surface area contributed by atoms with Crippen molar-refractivity contribution < 1.29 is 12.9 Å². The third kappa shape index (κ3) is 3.05. The molecule has 0 unspecified atom stereocenters. The van der Waals surface area contributed by atoms with Gasteiger partial charge in [-0.3, -0.25) is 0 Å². The summed E-state index contributed by atoms with van der Waals surface area (Å²) >= 11 is 0. The number of nitrogens with one attached hydrogen (secondary N) is 1. The zero-order chi connectivity index (χ0) is 13.3. The molecule has 94 valence electrons. The first kappa shape index (κ1) is 13.7. The van der Waals surface area contributed by atoms with Crippen LogP contribution >= 0.6 is 0 Å². The molecule has 0 atom stereocenters. The summed E-state index contributed by atoms with van der Waals surface area (Å²) in [5.41, 5.74) is -0.448. The Morgan fingerprint density at radius 1 is 1.47 bits per heavy atom. The van der Waals surface area contributed by atoms with E-state index in [9.17, 15) is 8.42 Å². The highest BCUT2D eigenvalue weighted by molar-refractivity contribution is 7.89. The molecule has 0 aliphatic carbocycles. The maximum absolute atomic E-state index is 12.0. The number of nitriles is 1. The lowest BCUT2D eigenvalue weighted by molar-refractivity contribution is 0.390. The predicted molar refractivity (Wildman–Crippen MR) is 60.6 cm³/mol. The second kappa shape index (κ2) is 4.47. The number of aromatic nitrogens is 1. The molecule has 0 saturated carbocycles. The molecule has 0 aromatic carbocycles. The van der Waals surface area contributed by atoms with Gasteiger partial charge in [0.25, 0.3) is 0 Å². The van der Waals surface area contributed by atoms with Gasteiger partial charge in [-0.2, -0.15) is 5.26 Å². The molecule has 1 N–H and O–H groups in total. The predicted octanol–water partition coefficient (Wildman–Crippen LogP) is 1.12. The first-order valence-corrected chi connectivity index (χ1v) is 6.52. The molecule has 1 aromatic rings. The van der Waals surface area contributed by atoms with Gasteiger partial charge in [0, 0.05) is 6.54 Å². The molecule has 1 rings (SSSR count). The molecule has 0 radical (unpaired) electrons. The SMILES string of the molecule is Cc1noc(C)c1S(=O)(=O)NCC(C)(C)C#N. The Bertz CT molecular complexity index is 532. The first-order valence-electron chi connectivity index (χ1n) is 5.03. The summed E-state index contributed by atoms with van der Waals surface area (Å²) in [4.78, 5) is 0.0474. The highest BCUT2D eigenvalue weighted by Crippen LogP contribution is 2.20. The lowest BCUT2D eigenvalue weighted by Crippen LogP contribution is -2.33. The van der Waals surface area contributed by atoms with Crippen LogP contribution in [0.4, 0.5) is 0 Å². The normalized spacial score (nSPS) is 12.4. The largest absolute Gasteiger partial charge is 0.360 e.